The smallest absolute Gasteiger partial charge is 0.410 e. The van der Waals surface area contributed by atoms with Gasteiger partial charge in [-0.15, -0.1) is 0 Å². The van der Waals surface area contributed by atoms with E-state index in [9.17, 15) is 14.4 Å². The molecule has 0 radical (unpaired) electrons. The molecule has 1 atom stereocenters. The van der Waals surface area contributed by atoms with Crippen molar-refractivity contribution in [1.82, 2.24) is 25.9 Å². The molecule has 1 aliphatic heterocycles. The van der Waals surface area contributed by atoms with Crippen LogP contribution >= 0.6 is 0 Å². The molecule has 2 heterocycles. The number of nitrogens with one attached hydrogen (secondary N) is 3. The first-order valence-corrected chi connectivity index (χ1v) is 9.89. The molecule has 3 rings (SSSR count). The van der Waals surface area contributed by atoms with Gasteiger partial charge in [0, 0.05) is 24.3 Å². The van der Waals surface area contributed by atoms with Crippen LogP contribution < -0.4 is 10.9 Å². The Labute approximate surface area is 164 Å². The van der Waals surface area contributed by atoms with E-state index in [-0.39, 0.29) is 12.5 Å². The fraction of sp³-hybridized carbons (Fsp3) is 0.684. The highest BCUT2D eigenvalue weighted by molar-refractivity contribution is 5.95. The number of carbonyl (C=O) groups excluding carboxylic acids is 3. The molecule has 1 unspecified atom stereocenters. The molecule has 3 amide bonds. The molecule has 9 nitrogen and oxygen atoms in total. The fourth-order valence-electron chi connectivity index (χ4n) is 3.63. The van der Waals surface area contributed by atoms with E-state index >= 15 is 0 Å². The van der Waals surface area contributed by atoms with Crippen molar-refractivity contribution in [3.05, 3.63) is 17.0 Å². The van der Waals surface area contributed by atoms with Crippen LogP contribution in [-0.2, 0) is 22.4 Å². The highest BCUT2D eigenvalue weighted by Crippen LogP contribution is 2.22. The molecule has 3 N–H and O–H groups in total. The fourth-order valence-corrected chi connectivity index (χ4v) is 3.63. The minimum absolute atomic E-state index is 0.272. The maximum Gasteiger partial charge on any atom is 0.410 e. The normalized spacial score (nSPS) is 19.5. The van der Waals surface area contributed by atoms with E-state index in [0.29, 0.717) is 25.1 Å². The number of likely N-dealkylation sites (tertiary alicyclic amines) is 1. The number of ether oxygens (including phenoxy) is 1. The maximum absolute atomic E-state index is 12.5. The van der Waals surface area contributed by atoms with Crippen LogP contribution in [0, 0.1) is 5.92 Å². The van der Waals surface area contributed by atoms with E-state index in [4.69, 9.17) is 4.74 Å². The van der Waals surface area contributed by atoms with Gasteiger partial charge in [0.05, 0.1) is 5.92 Å². The zero-order valence-corrected chi connectivity index (χ0v) is 16.8. The molecule has 0 spiro atoms. The molecule has 28 heavy (non-hydrogen) atoms. The lowest BCUT2D eigenvalue weighted by Crippen LogP contribution is -2.50. The number of rotatable bonds is 2. The largest absolute Gasteiger partial charge is 0.444 e. The van der Waals surface area contributed by atoms with Gasteiger partial charge in [0.15, 0.2) is 5.69 Å². The summed E-state index contributed by atoms with van der Waals surface area (Å²) in [4.78, 5) is 38.7. The van der Waals surface area contributed by atoms with Crippen molar-refractivity contribution in [1.29, 1.82) is 0 Å². The van der Waals surface area contributed by atoms with E-state index in [0.717, 1.165) is 36.9 Å². The van der Waals surface area contributed by atoms with Crippen LogP contribution in [0.2, 0.25) is 0 Å². The molecule has 154 valence electrons. The average molecular weight is 391 g/mol. The Hall–Kier alpha value is -2.58. The minimum atomic E-state index is -0.580. The number of fused-ring (bicyclic) bond motifs is 1. The molecule has 0 aromatic carbocycles. The monoisotopic (exact) mass is 391 g/mol. The Morgan fingerprint density at radius 3 is 2.64 bits per heavy atom. The summed E-state index contributed by atoms with van der Waals surface area (Å²) in [6.45, 7) is 6.26. The first-order valence-electron chi connectivity index (χ1n) is 9.89. The Morgan fingerprint density at radius 2 is 1.89 bits per heavy atom. The number of amides is 3. The second-order valence-corrected chi connectivity index (χ2v) is 8.45. The van der Waals surface area contributed by atoms with E-state index in [1.807, 2.05) is 20.8 Å². The second-order valence-electron chi connectivity index (χ2n) is 8.45. The summed E-state index contributed by atoms with van der Waals surface area (Å²) in [5, 5.41) is 7.01. The highest BCUT2D eigenvalue weighted by Gasteiger charge is 2.31. The Morgan fingerprint density at radius 1 is 1.14 bits per heavy atom. The Bertz CT molecular complexity index is 752. The summed E-state index contributed by atoms with van der Waals surface area (Å²) >= 11 is 0. The number of aromatic nitrogens is 2. The summed E-state index contributed by atoms with van der Waals surface area (Å²) in [6.07, 6.45) is 4.76. The molecule has 2 aliphatic rings. The number of hydrogen-bond acceptors (Lipinski definition) is 5. The standard InChI is InChI=1S/C19H29N5O4/c1-19(2,3)28-18(27)24-10-6-7-12(11-24)16(25)22-23-17(26)15-13-8-4-5-9-14(13)20-21-15/h12H,4-11H2,1-3H3,(H,20,21)(H,22,25)(H,23,26). The third-order valence-corrected chi connectivity index (χ3v) is 5.01. The van der Waals surface area contributed by atoms with Gasteiger partial charge >= 0.3 is 6.09 Å². The van der Waals surface area contributed by atoms with Crippen molar-refractivity contribution in [3.63, 3.8) is 0 Å². The summed E-state index contributed by atoms with van der Waals surface area (Å²) in [7, 11) is 0. The summed E-state index contributed by atoms with van der Waals surface area (Å²) in [5.41, 5.74) is 6.64. The van der Waals surface area contributed by atoms with Gasteiger partial charge in [-0.2, -0.15) is 5.10 Å². The lowest BCUT2D eigenvalue weighted by atomic mass is 9.96. The molecule has 1 aliphatic carbocycles. The number of aromatic amines is 1. The van der Waals surface area contributed by atoms with E-state index < -0.39 is 23.5 Å². The second kappa shape index (κ2) is 8.20. The third kappa shape index (κ3) is 4.82. The van der Waals surface area contributed by atoms with Crippen molar-refractivity contribution >= 4 is 17.9 Å². The summed E-state index contributed by atoms with van der Waals surface area (Å²) < 4.78 is 5.38. The van der Waals surface area contributed by atoms with Crippen molar-refractivity contribution in [3.8, 4) is 0 Å². The molecular formula is C19H29N5O4. The third-order valence-electron chi connectivity index (χ3n) is 5.01. The van der Waals surface area contributed by atoms with Gasteiger partial charge in [-0.3, -0.25) is 25.5 Å². The van der Waals surface area contributed by atoms with Crippen LogP contribution in [0.4, 0.5) is 4.79 Å². The topological polar surface area (TPSA) is 116 Å². The van der Waals surface area contributed by atoms with Gasteiger partial charge in [-0.1, -0.05) is 0 Å². The molecule has 9 heteroatoms. The van der Waals surface area contributed by atoms with Gasteiger partial charge in [0.1, 0.15) is 5.60 Å². The van der Waals surface area contributed by atoms with Crippen LogP contribution in [0.15, 0.2) is 0 Å². The number of hydrazine groups is 1. The van der Waals surface area contributed by atoms with Gasteiger partial charge in [0.2, 0.25) is 5.91 Å². The van der Waals surface area contributed by atoms with Crippen LogP contribution in [0.3, 0.4) is 0 Å². The molecular weight excluding hydrogens is 362 g/mol. The van der Waals surface area contributed by atoms with Crippen LogP contribution in [0.1, 0.15) is 68.2 Å². The first kappa shape index (κ1) is 20.2. The van der Waals surface area contributed by atoms with Crippen LogP contribution in [0.5, 0.6) is 0 Å². The van der Waals surface area contributed by atoms with Crippen LogP contribution in [-0.4, -0.2) is 51.7 Å². The minimum Gasteiger partial charge on any atom is -0.444 e. The van der Waals surface area contributed by atoms with Gasteiger partial charge in [0.25, 0.3) is 5.91 Å². The van der Waals surface area contributed by atoms with Crippen molar-refractivity contribution in [2.24, 2.45) is 5.92 Å². The average Bonchev–Trinajstić information content (AvgIpc) is 3.09. The van der Waals surface area contributed by atoms with Gasteiger partial charge in [-0.05, 0) is 59.3 Å². The predicted molar refractivity (Wildman–Crippen MR) is 101 cm³/mol. The number of H-pyrrole nitrogens is 1. The lowest BCUT2D eigenvalue weighted by molar-refractivity contribution is -0.127. The van der Waals surface area contributed by atoms with E-state index in [1.165, 1.54) is 0 Å². The zero-order valence-electron chi connectivity index (χ0n) is 16.8. The van der Waals surface area contributed by atoms with Crippen molar-refractivity contribution in [2.45, 2.75) is 64.9 Å². The van der Waals surface area contributed by atoms with Crippen LogP contribution in [0.25, 0.3) is 0 Å². The highest BCUT2D eigenvalue weighted by atomic mass is 16.6. The SMILES string of the molecule is CC(C)(C)OC(=O)N1CCCC(C(=O)NNC(=O)c2n[nH]c3c2CCCC3)C1. The Kier molecular flexibility index (Phi) is 5.90. The zero-order chi connectivity index (χ0) is 20.3. The van der Waals surface area contributed by atoms with Crippen molar-refractivity contribution < 1.29 is 19.1 Å². The Balaban J connectivity index is 1.52. The first-order chi connectivity index (χ1) is 13.2. The lowest BCUT2D eigenvalue weighted by Gasteiger charge is -2.33. The quantitative estimate of drug-likeness (QED) is 0.664. The molecule has 0 bridgehead atoms. The summed E-state index contributed by atoms with van der Waals surface area (Å²) in [5.74, 6) is -1.13. The molecule has 1 aromatic heterocycles. The van der Waals surface area contributed by atoms with E-state index in [1.54, 1.807) is 4.90 Å². The molecule has 1 aromatic rings. The van der Waals surface area contributed by atoms with E-state index in [2.05, 4.69) is 21.0 Å². The molecule has 1 saturated heterocycles. The van der Waals surface area contributed by atoms with Gasteiger partial charge < -0.3 is 9.64 Å². The van der Waals surface area contributed by atoms with Crippen molar-refractivity contribution in [2.75, 3.05) is 13.1 Å². The number of aryl methyl sites for hydroxylation is 1. The number of piperidine rings is 1. The van der Waals surface area contributed by atoms with Gasteiger partial charge in [-0.25, -0.2) is 4.79 Å². The predicted octanol–water partition coefficient (Wildman–Crippen LogP) is 1.70. The number of hydrogen-bond donors (Lipinski definition) is 3. The number of nitrogens with zero attached hydrogens (tertiary/aromatic N) is 2. The summed E-state index contributed by atoms with van der Waals surface area (Å²) in [6, 6.07) is 0. The molecule has 1 fully saturated rings. The number of carbonyl (C=O) groups is 3. The molecule has 0 saturated carbocycles. The maximum atomic E-state index is 12.5.